The minimum atomic E-state index is -3.88. The van der Waals surface area contributed by atoms with E-state index in [1.165, 1.54) is 38.4 Å². The zero-order valence-electron chi connectivity index (χ0n) is 11.5. The van der Waals surface area contributed by atoms with Crippen LogP contribution in [0.15, 0.2) is 27.2 Å². The Morgan fingerprint density at radius 2 is 2.10 bits per heavy atom. The summed E-state index contributed by atoms with van der Waals surface area (Å²) in [6.45, 7) is 0. The molecule has 0 bridgehead atoms. The molecule has 0 saturated heterocycles. The zero-order chi connectivity index (χ0) is 15.6. The van der Waals surface area contributed by atoms with Crippen LogP contribution in [0.1, 0.15) is 0 Å². The molecule has 2 aromatic heterocycles. The van der Waals surface area contributed by atoms with Gasteiger partial charge in [-0.05, 0) is 6.07 Å². The number of nitrogens with one attached hydrogen (secondary N) is 1. The highest BCUT2D eigenvalue weighted by atomic mass is 32.2. The van der Waals surface area contributed by atoms with Crippen molar-refractivity contribution < 1.29 is 17.6 Å². The van der Waals surface area contributed by atoms with Crippen LogP contribution in [0.2, 0.25) is 0 Å². The Morgan fingerprint density at radius 1 is 1.38 bits per heavy atom. The van der Waals surface area contributed by atoms with Gasteiger partial charge in [-0.25, -0.2) is 9.10 Å². The van der Waals surface area contributed by atoms with E-state index in [-0.39, 0.29) is 15.4 Å². The molecule has 0 atom stereocenters. The van der Waals surface area contributed by atoms with Crippen molar-refractivity contribution in [3.63, 3.8) is 0 Å². The first-order valence-electron chi connectivity index (χ1n) is 5.69. The zero-order valence-corrected chi connectivity index (χ0v) is 13.1. The van der Waals surface area contributed by atoms with Crippen LogP contribution in [0.4, 0.5) is 15.8 Å². The van der Waals surface area contributed by atoms with Crippen LogP contribution >= 0.6 is 11.3 Å². The number of furan rings is 1. The van der Waals surface area contributed by atoms with Gasteiger partial charge in [0.15, 0.2) is 0 Å². The first kappa shape index (κ1) is 15.3. The predicted octanol–water partition coefficient (Wildman–Crippen LogP) is 0.732. The molecule has 11 heteroatoms. The number of nitrogens with zero attached hydrogens (tertiary/aromatic N) is 4. The first-order valence-corrected chi connectivity index (χ1v) is 7.95. The third kappa shape index (κ3) is 2.83. The lowest BCUT2D eigenvalue weighted by atomic mass is 10.6. The Bertz CT molecular complexity index is 724. The molecule has 2 amide bonds. The Hall–Kier alpha value is -2.14. The molecule has 0 fully saturated rings. The summed E-state index contributed by atoms with van der Waals surface area (Å²) >= 11 is 0.789. The monoisotopic (exact) mass is 331 g/mol. The number of anilines is 2. The molecule has 1 N–H and O–H groups in total. The van der Waals surface area contributed by atoms with Gasteiger partial charge in [0.25, 0.3) is 14.4 Å². The predicted molar refractivity (Wildman–Crippen MR) is 77.1 cm³/mol. The van der Waals surface area contributed by atoms with Gasteiger partial charge in [-0.2, -0.15) is 8.42 Å². The number of rotatable bonds is 4. The Labute approximate surface area is 125 Å². The quantitative estimate of drug-likeness (QED) is 0.827. The highest BCUT2D eigenvalue weighted by molar-refractivity contribution is 7.94. The third-order valence-electron chi connectivity index (χ3n) is 2.60. The SMILES string of the molecule is CNC(=O)N(C)c1nnc(S(=O)(=O)N(C)c2ccco2)s1. The van der Waals surface area contributed by atoms with Crippen LogP contribution < -0.4 is 14.5 Å². The molecular weight excluding hydrogens is 318 g/mol. The van der Waals surface area contributed by atoms with Crippen LogP contribution in [-0.2, 0) is 10.0 Å². The summed E-state index contributed by atoms with van der Waals surface area (Å²) in [6, 6.07) is 2.66. The highest BCUT2D eigenvalue weighted by Gasteiger charge is 2.28. The molecule has 0 spiro atoms. The lowest BCUT2D eigenvalue weighted by Crippen LogP contribution is -2.34. The third-order valence-corrected chi connectivity index (χ3v) is 5.70. The average molecular weight is 331 g/mol. The normalized spacial score (nSPS) is 11.2. The lowest BCUT2D eigenvalue weighted by molar-refractivity contribution is 0.249. The summed E-state index contributed by atoms with van der Waals surface area (Å²) in [4.78, 5) is 12.6. The highest BCUT2D eigenvalue weighted by Crippen LogP contribution is 2.27. The van der Waals surface area contributed by atoms with Gasteiger partial charge in [0, 0.05) is 27.2 Å². The molecule has 0 aliphatic carbocycles. The number of hydrogen-bond acceptors (Lipinski definition) is 7. The number of carbonyl (C=O) groups is 1. The van der Waals surface area contributed by atoms with Gasteiger partial charge in [0.1, 0.15) is 0 Å². The second kappa shape index (κ2) is 5.69. The van der Waals surface area contributed by atoms with E-state index in [0.717, 1.165) is 15.6 Å². The largest absolute Gasteiger partial charge is 0.448 e. The van der Waals surface area contributed by atoms with Crippen molar-refractivity contribution in [1.29, 1.82) is 0 Å². The molecule has 2 rings (SSSR count). The molecule has 0 aliphatic heterocycles. The maximum absolute atomic E-state index is 12.4. The molecule has 9 nitrogen and oxygen atoms in total. The van der Waals surface area contributed by atoms with Gasteiger partial charge in [0.2, 0.25) is 11.0 Å². The van der Waals surface area contributed by atoms with E-state index in [9.17, 15) is 13.2 Å². The Balaban J connectivity index is 2.30. The summed E-state index contributed by atoms with van der Waals surface area (Å²) in [5.41, 5.74) is 0. The van der Waals surface area contributed by atoms with Crippen LogP contribution in [0.3, 0.4) is 0 Å². The Kier molecular flexibility index (Phi) is 4.14. The molecule has 0 unspecified atom stereocenters. The van der Waals surface area contributed by atoms with Crippen LogP contribution in [0, 0.1) is 0 Å². The van der Waals surface area contributed by atoms with E-state index in [1.54, 1.807) is 6.07 Å². The smallest absolute Gasteiger partial charge is 0.323 e. The van der Waals surface area contributed by atoms with Crippen molar-refractivity contribution in [2.24, 2.45) is 0 Å². The number of amides is 2. The van der Waals surface area contributed by atoms with Crippen LogP contribution in [-0.4, -0.2) is 45.8 Å². The van der Waals surface area contributed by atoms with Crippen molar-refractivity contribution in [2.45, 2.75) is 4.34 Å². The molecule has 2 aromatic rings. The maximum Gasteiger partial charge on any atom is 0.323 e. The van der Waals surface area contributed by atoms with Crippen LogP contribution in [0.25, 0.3) is 0 Å². The summed E-state index contributed by atoms with van der Waals surface area (Å²) < 4.78 is 30.5. The second-order valence-electron chi connectivity index (χ2n) is 3.89. The first-order chi connectivity index (χ1) is 9.87. The molecule has 0 aliphatic rings. The van der Waals surface area contributed by atoms with Crippen molar-refractivity contribution >= 4 is 38.4 Å². The maximum atomic E-state index is 12.4. The van der Waals surface area contributed by atoms with E-state index in [0.29, 0.717) is 0 Å². The van der Waals surface area contributed by atoms with Gasteiger partial charge < -0.3 is 9.73 Å². The topological polar surface area (TPSA) is 109 Å². The van der Waals surface area contributed by atoms with Crippen molar-refractivity contribution in [3.8, 4) is 0 Å². The van der Waals surface area contributed by atoms with Crippen molar-refractivity contribution in [3.05, 3.63) is 18.4 Å². The summed E-state index contributed by atoms with van der Waals surface area (Å²) in [5.74, 6) is 0.159. The van der Waals surface area contributed by atoms with E-state index in [4.69, 9.17) is 4.42 Å². The lowest BCUT2D eigenvalue weighted by Gasteiger charge is -2.13. The summed E-state index contributed by atoms with van der Waals surface area (Å²) in [5, 5.41) is 9.92. The molecule has 0 saturated carbocycles. The second-order valence-corrected chi connectivity index (χ2v) is 6.99. The molecular formula is C10H13N5O4S2. The van der Waals surface area contributed by atoms with Gasteiger partial charge in [-0.15, -0.1) is 10.2 Å². The number of aromatic nitrogens is 2. The fraction of sp³-hybridized carbons (Fsp3) is 0.300. The van der Waals surface area contributed by atoms with Crippen molar-refractivity contribution in [2.75, 3.05) is 30.3 Å². The van der Waals surface area contributed by atoms with Gasteiger partial charge >= 0.3 is 6.03 Å². The fourth-order valence-electron chi connectivity index (χ4n) is 1.38. The van der Waals surface area contributed by atoms with Crippen molar-refractivity contribution in [1.82, 2.24) is 15.5 Å². The number of hydrogen-bond donors (Lipinski definition) is 1. The molecule has 2 heterocycles. The molecule has 114 valence electrons. The van der Waals surface area contributed by atoms with Crippen LogP contribution in [0.5, 0.6) is 0 Å². The van der Waals surface area contributed by atoms with Gasteiger partial charge in [-0.3, -0.25) is 4.90 Å². The summed E-state index contributed by atoms with van der Waals surface area (Å²) in [6.07, 6.45) is 1.37. The summed E-state index contributed by atoms with van der Waals surface area (Å²) in [7, 11) is 0.389. The Morgan fingerprint density at radius 3 is 2.67 bits per heavy atom. The number of sulfonamides is 1. The molecule has 0 radical (unpaired) electrons. The molecule has 0 aromatic carbocycles. The average Bonchev–Trinajstić information content (AvgIpc) is 3.15. The van der Waals surface area contributed by atoms with E-state index < -0.39 is 16.1 Å². The van der Waals surface area contributed by atoms with E-state index in [2.05, 4.69) is 15.5 Å². The fourth-order valence-corrected chi connectivity index (χ4v) is 3.62. The van der Waals surface area contributed by atoms with E-state index in [1.807, 2.05) is 0 Å². The minimum absolute atomic E-state index is 0.159. The number of carbonyl (C=O) groups excluding carboxylic acids is 1. The molecule has 21 heavy (non-hydrogen) atoms. The minimum Gasteiger partial charge on any atom is -0.448 e. The standard InChI is InChI=1S/C10H13N5O4S2/c1-11-8(16)14(2)9-12-13-10(20-9)21(17,18)15(3)7-5-4-6-19-7/h4-6H,1-3H3,(H,11,16). The van der Waals surface area contributed by atoms with Gasteiger partial charge in [0.05, 0.1) is 6.26 Å². The number of urea groups is 1. The van der Waals surface area contributed by atoms with E-state index >= 15 is 0 Å². The van der Waals surface area contributed by atoms with Gasteiger partial charge in [-0.1, -0.05) is 11.3 Å².